The number of carbonyl (C=O) groups is 2. The predicted molar refractivity (Wildman–Crippen MR) is 145 cm³/mol. The number of halogens is 2. The molecule has 1 aliphatic carbocycles. The molecular formula is C28H26Cl2N4O2. The molecule has 1 heterocycles. The van der Waals surface area contributed by atoms with Gasteiger partial charge in [-0.2, -0.15) is 0 Å². The molecule has 4 aromatic rings. The zero-order chi connectivity index (χ0) is 25.1. The molecule has 0 saturated heterocycles. The van der Waals surface area contributed by atoms with Crippen molar-refractivity contribution in [3.8, 4) is 11.4 Å². The number of aromatic amines is 1. The molecule has 0 bridgehead atoms. The minimum absolute atomic E-state index is 0.0274. The Labute approximate surface area is 219 Å². The number of benzene rings is 3. The highest BCUT2D eigenvalue weighted by Gasteiger charge is 2.16. The quantitative estimate of drug-likeness (QED) is 0.242. The van der Waals surface area contributed by atoms with Crippen LogP contribution in [0.1, 0.15) is 59.2 Å². The average molecular weight is 521 g/mol. The first-order valence-corrected chi connectivity index (χ1v) is 12.9. The molecule has 1 aliphatic rings. The highest BCUT2D eigenvalue weighted by molar-refractivity contribution is 6.42. The number of nitrogens with one attached hydrogen (secondary N) is 3. The number of H-pyrrole nitrogens is 1. The van der Waals surface area contributed by atoms with Crippen LogP contribution in [-0.2, 0) is 0 Å². The van der Waals surface area contributed by atoms with Crippen LogP contribution in [0.3, 0.4) is 0 Å². The summed E-state index contributed by atoms with van der Waals surface area (Å²) in [6.07, 6.45) is 6.97. The van der Waals surface area contributed by atoms with Crippen molar-refractivity contribution in [2.45, 2.75) is 44.6 Å². The molecule has 1 aromatic heterocycles. The van der Waals surface area contributed by atoms with Crippen molar-refractivity contribution in [2.75, 3.05) is 5.32 Å². The Morgan fingerprint density at radius 3 is 2.25 bits per heavy atom. The summed E-state index contributed by atoms with van der Waals surface area (Å²) >= 11 is 12.0. The van der Waals surface area contributed by atoms with Crippen molar-refractivity contribution < 1.29 is 9.59 Å². The summed E-state index contributed by atoms with van der Waals surface area (Å²) in [4.78, 5) is 33.3. The van der Waals surface area contributed by atoms with Crippen molar-refractivity contribution in [1.82, 2.24) is 15.3 Å². The van der Waals surface area contributed by atoms with Gasteiger partial charge in [-0.1, -0.05) is 61.0 Å². The van der Waals surface area contributed by atoms with Crippen LogP contribution in [0.25, 0.3) is 22.4 Å². The van der Waals surface area contributed by atoms with E-state index in [1.807, 2.05) is 30.3 Å². The van der Waals surface area contributed by atoms with Crippen LogP contribution >= 0.6 is 23.2 Å². The van der Waals surface area contributed by atoms with Crippen molar-refractivity contribution in [2.24, 2.45) is 0 Å². The molecule has 0 spiro atoms. The van der Waals surface area contributed by atoms with Gasteiger partial charge >= 0.3 is 0 Å². The lowest BCUT2D eigenvalue weighted by Gasteiger charge is -2.16. The van der Waals surface area contributed by atoms with Crippen LogP contribution in [-0.4, -0.2) is 27.8 Å². The maximum absolute atomic E-state index is 12.7. The van der Waals surface area contributed by atoms with Gasteiger partial charge in [0.25, 0.3) is 11.8 Å². The Kier molecular flexibility index (Phi) is 7.25. The number of aromatic nitrogens is 2. The molecule has 2 amide bonds. The average Bonchev–Trinajstić information content (AvgIpc) is 3.14. The lowest BCUT2D eigenvalue weighted by Crippen LogP contribution is -2.34. The molecule has 1 saturated carbocycles. The number of rotatable bonds is 5. The van der Waals surface area contributed by atoms with Crippen LogP contribution in [0.5, 0.6) is 0 Å². The Morgan fingerprint density at radius 2 is 1.53 bits per heavy atom. The van der Waals surface area contributed by atoms with Crippen LogP contribution in [0.15, 0.2) is 60.7 Å². The first-order chi connectivity index (χ1) is 17.5. The third-order valence-electron chi connectivity index (χ3n) is 6.53. The van der Waals surface area contributed by atoms with E-state index in [1.165, 1.54) is 31.7 Å². The van der Waals surface area contributed by atoms with E-state index in [1.54, 1.807) is 24.3 Å². The van der Waals surface area contributed by atoms with Crippen LogP contribution in [0.4, 0.5) is 5.69 Å². The maximum atomic E-state index is 12.7. The molecule has 0 unspecified atom stereocenters. The topological polar surface area (TPSA) is 86.9 Å². The van der Waals surface area contributed by atoms with Crippen LogP contribution in [0, 0.1) is 0 Å². The number of imidazole rings is 1. The van der Waals surface area contributed by atoms with Gasteiger partial charge in [0.05, 0.1) is 21.1 Å². The minimum Gasteiger partial charge on any atom is -0.349 e. The maximum Gasteiger partial charge on any atom is 0.255 e. The smallest absolute Gasteiger partial charge is 0.255 e. The van der Waals surface area contributed by atoms with Gasteiger partial charge in [-0.3, -0.25) is 9.59 Å². The SMILES string of the molecule is O=C(Nc1ccc2[nH]c(-c3ccc(C(=O)NC4CCCCCC4)cc3)nc2c1)c1ccc(Cl)c(Cl)c1. The number of fused-ring (bicyclic) bond motifs is 1. The lowest BCUT2D eigenvalue weighted by molar-refractivity contribution is 0.0932. The number of nitrogens with zero attached hydrogens (tertiary/aromatic N) is 1. The van der Waals surface area contributed by atoms with Gasteiger partial charge in [-0.25, -0.2) is 4.98 Å². The third kappa shape index (κ3) is 5.55. The molecule has 3 aromatic carbocycles. The zero-order valence-corrected chi connectivity index (χ0v) is 21.1. The molecule has 184 valence electrons. The Hall–Kier alpha value is -3.35. The van der Waals surface area contributed by atoms with Crippen molar-refractivity contribution in [3.05, 3.63) is 81.8 Å². The summed E-state index contributed by atoms with van der Waals surface area (Å²) in [5.74, 6) is 0.371. The number of anilines is 1. The standard InChI is InChI=1S/C28H26Cl2N4O2/c29-22-13-11-19(15-23(22)30)28(36)32-21-12-14-24-25(16-21)34-26(33-24)17-7-9-18(10-8-17)27(35)31-20-5-3-1-2-4-6-20/h7-16,20H,1-6H2,(H,31,35)(H,32,36)(H,33,34). The highest BCUT2D eigenvalue weighted by atomic mass is 35.5. The second-order valence-corrected chi connectivity index (χ2v) is 9.95. The summed E-state index contributed by atoms with van der Waals surface area (Å²) in [5, 5.41) is 6.77. The van der Waals surface area contributed by atoms with Gasteiger partial charge < -0.3 is 15.6 Å². The molecule has 0 radical (unpaired) electrons. The summed E-state index contributed by atoms with van der Waals surface area (Å²) in [5.41, 5.74) is 4.10. The van der Waals surface area contributed by atoms with Gasteiger partial charge in [0.15, 0.2) is 0 Å². The number of hydrogen-bond donors (Lipinski definition) is 3. The zero-order valence-electron chi connectivity index (χ0n) is 19.6. The third-order valence-corrected chi connectivity index (χ3v) is 7.27. The fourth-order valence-corrected chi connectivity index (χ4v) is 4.83. The van der Waals surface area contributed by atoms with E-state index < -0.39 is 0 Å². The second kappa shape index (κ2) is 10.7. The van der Waals surface area contributed by atoms with Crippen LogP contribution in [0.2, 0.25) is 10.0 Å². The molecule has 36 heavy (non-hydrogen) atoms. The molecule has 0 atom stereocenters. The van der Waals surface area contributed by atoms with E-state index >= 15 is 0 Å². The number of amides is 2. The molecule has 1 fully saturated rings. The van der Waals surface area contributed by atoms with Crippen molar-refractivity contribution in [1.29, 1.82) is 0 Å². The molecule has 0 aliphatic heterocycles. The monoisotopic (exact) mass is 520 g/mol. The minimum atomic E-state index is -0.290. The molecule has 5 rings (SSSR count). The summed E-state index contributed by atoms with van der Waals surface area (Å²) in [6, 6.07) is 17.9. The summed E-state index contributed by atoms with van der Waals surface area (Å²) in [6.45, 7) is 0. The Bertz CT molecular complexity index is 1410. The van der Waals surface area contributed by atoms with E-state index in [4.69, 9.17) is 23.2 Å². The fourth-order valence-electron chi connectivity index (χ4n) is 4.53. The summed E-state index contributed by atoms with van der Waals surface area (Å²) in [7, 11) is 0. The van der Waals surface area contributed by atoms with Gasteiger partial charge in [0.1, 0.15) is 5.82 Å². The molecular weight excluding hydrogens is 495 g/mol. The fraction of sp³-hybridized carbons (Fsp3) is 0.250. The molecule has 6 nitrogen and oxygen atoms in total. The molecule has 3 N–H and O–H groups in total. The number of carbonyl (C=O) groups excluding carboxylic acids is 2. The highest BCUT2D eigenvalue weighted by Crippen LogP contribution is 2.26. The normalized spacial score (nSPS) is 14.4. The second-order valence-electron chi connectivity index (χ2n) is 9.14. The summed E-state index contributed by atoms with van der Waals surface area (Å²) < 4.78 is 0. The van der Waals surface area contributed by atoms with E-state index in [2.05, 4.69) is 20.6 Å². The van der Waals surface area contributed by atoms with Gasteiger partial charge in [-0.15, -0.1) is 0 Å². The number of hydrogen-bond acceptors (Lipinski definition) is 3. The largest absolute Gasteiger partial charge is 0.349 e. The Balaban J connectivity index is 1.28. The van der Waals surface area contributed by atoms with E-state index in [0.29, 0.717) is 38.2 Å². The Morgan fingerprint density at radius 1 is 0.806 bits per heavy atom. The van der Waals surface area contributed by atoms with E-state index in [-0.39, 0.29) is 17.9 Å². The van der Waals surface area contributed by atoms with E-state index in [9.17, 15) is 9.59 Å². The van der Waals surface area contributed by atoms with Crippen LogP contribution < -0.4 is 10.6 Å². The molecule has 8 heteroatoms. The predicted octanol–water partition coefficient (Wildman–Crippen LogP) is 7.24. The van der Waals surface area contributed by atoms with Gasteiger partial charge in [0, 0.05) is 28.4 Å². The van der Waals surface area contributed by atoms with Crippen molar-refractivity contribution >= 4 is 51.7 Å². The van der Waals surface area contributed by atoms with Crippen molar-refractivity contribution in [3.63, 3.8) is 0 Å². The van der Waals surface area contributed by atoms with Gasteiger partial charge in [0.2, 0.25) is 0 Å². The van der Waals surface area contributed by atoms with E-state index in [0.717, 1.165) is 23.9 Å². The first kappa shape index (κ1) is 24.3. The lowest BCUT2D eigenvalue weighted by atomic mass is 10.1. The first-order valence-electron chi connectivity index (χ1n) is 12.1. The van der Waals surface area contributed by atoms with Gasteiger partial charge in [-0.05, 0) is 61.4 Å².